The summed E-state index contributed by atoms with van der Waals surface area (Å²) in [7, 11) is 1.81. The van der Waals surface area contributed by atoms with E-state index in [1.165, 1.54) is 0 Å². The van der Waals surface area contributed by atoms with E-state index in [1.807, 2.05) is 36.7 Å². The molecule has 1 saturated carbocycles. The van der Waals surface area contributed by atoms with Gasteiger partial charge in [0.15, 0.2) is 0 Å². The Hall–Kier alpha value is -1.91. The Morgan fingerprint density at radius 3 is 2.58 bits per heavy atom. The van der Waals surface area contributed by atoms with Crippen molar-refractivity contribution in [1.29, 1.82) is 0 Å². The van der Waals surface area contributed by atoms with E-state index in [0.29, 0.717) is 12.0 Å². The number of aromatic nitrogens is 3. The number of hydrogen-bond donors (Lipinski definition) is 0. The van der Waals surface area contributed by atoms with Gasteiger partial charge in [0.25, 0.3) is 0 Å². The van der Waals surface area contributed by atoms with Gasteiger partial charge in [-0.1, -0.05) is 11.6 Å². The van der Waals surface area contributed by atoms with E-state index in [-0.39, 0.29) is 0 Å². The van der Waals surface area contributed by atoms with Gasteiger partial charge in [0.2, 0.25) is 0 Å². The number of methoxy groups -OCH3 is 1. The number of ether oxygens (including phenoxy) is 1. The molecule has 0 saturated heterocycles. The van der Waals surface area contributed by atoms with Crippen LogP contribution in [0.15, 0.2) is 42.9 Å². The highest BCUT2D eigenvalue weighted by molar-refractivity contribution is 6.30. The number of nitrogens with zero attached hydrogens (tertiary/aromatic N) is 3. The fraction of sp³-hybridized carbons (Fsp3) is 0.368. The van der Waals surface area contributed by atoms with Crippen LogP contribution in [0.25, 0.3) is 16.9 Å². The van der Waals surface area contributed by atoms with Crippen molar-refractivity contribution in [2.45, 2.75) is 37.7 Å². The van der Waals surface area contributed by atoms with Crippen LogP contribution in [0, 0.1) is 0 Å². The summed E-state index contributed by atoms with van der Waals surface area (Å²) in [4.78, 5) is 9.32. The molecule has 4 rings (SSSR count). The zero-order valence-electron chi connectivity index (χ0n) is 13.7. The molecule has 4 nitrogen and oxygen atoms in total. The molecule has 2 heterocycles. The molecule has 5 heteroatoms. The van der Waals surface area contributed by atoms with E-state index in [2.05, 4.69) is 9.38 Å². The highest BCUT2D eigenvalue weighted by Crippen LogP contribution is 2.37. The molecule has 0 unspecified atom stereocenters. The smallest absolute Gasteiger partial charge is 0.144 e. The van der Waals surface area contributed by atoms with Crippen LogP contribution in [0.5, 0.6) is 0 Å². The molecular weight excluding hydrogens is 322 g/mol. The Labute approximate surface area is 146 Å². The fourth-order valence-electron chi connectivity index (χ4n) is 3.64. The maximum absolute atomic E-state index is 6.02. The molecule has 0 spiro atoms. The minimum absolute atomic E-state index is 0.393. The van der Waals surface area contributed by atoms with Crippen LogP contribution in [0.1, 0.15) is 37.3 Å². The molecule has 0 N–H and O–H groups in total. The Morgan fingerprint density at radius 2 is 1.88 bits per heavy atom. The van der Waals surface area contributed by atoms with Crippen LogP contribution in [0.3, 0.4) is 0 Å². The lowest BCUT2D eigenvalue weighted by atomic mass is 9.85. The fourth-order valence-corrected chi connectivity index (χ4v) is 3.76. The average molecular weight is 342 g/mol. The molecule has 1 aliphatic carbocycles. The zero-order valence-corrected chi connectivity index (χ0v) is 14.4. The van der Waals surface area contributed by atoms with Gasteiger partial charge in [-0.2, -0.15) is 0 Å². The molecule has 0 aliphatic heterocycles. The first-order chi connectivity index (χ1) is 11.8. The van der Waals surface area contributed by atoms with Crippen molar-refractivity contribution < 1.29 is 4.74 Å². The molecule has 1 fully saturated rings. The summed E-state index contributed by atoms with van der Waals surface area (Å²) < 4.78 is 7.63. The first-order valence-electron chi connectivity index (χ1n) is 8.37. The maximum atomic E-state index is 6.02. The van der Waals surface area contributed by atoms with Gasteiger partial charge in [0.05, 0.1) is 23.5 Å². The van der Waals surface area contributed by atoms with Crippen molar-refractivity contribution in [3.05, 3.63) is 53.6 Å². The third-order valence-electron chi connectivity index (χ3n) is 4.97. The Morgan fingerprint density at radius 1 is 1.12 bits per heavy atom. The van der Waals surface area contributed by atoms with Crippen LogP contribution in [-0.4, -0.2) is 27.6 Å². The van der Waals surface area contributed by atoms with Crippen LogP contribution in [0.4, 0.5) is 0 Å². The quantitative estimate of drug-likeness (QED) is 0.691. The Balaban J connectivity index is 1.76. The summed E-state index contributed by atoms with van der Waals surface area (Å²) in [5.41, 5.74) is 3.32. The van der Waals surface area contributed by atoms with Crippen LogP contribution < -0.4 is 0 Å². The lowest BCUT2D eigenvalue weighted by Gasteiger charge is -2.26. The molecule has 0 atom stereocenters. The summed E-state index contributed by atoms with van der Waals surface area (Å²) in [5, 5.41) is 0.736. The van der Waals surface area contributed by atoms with Gasteiger partial charge in [-0.3, -0.25) is 9.38 Å². The molecule has 0 radical (unpaired) electrons. The van der Waals surface area contributed by atoms with Crippen molar-refractivity contribution >= 4 is 17.1 Å². The summed E-state index contributed by atoms with van der Waals surface area (Å²) in [6.45, 7) is 0. The number of halogens is 1. The van der Waals surface area contributed by atoms with Gasteiger partial charge in [0.1, 0.15) is 5.82 Å². The van der Waals surface area contributed by atoms with Crippen LogP contribution >= 0.6 is 11.6 Å². The van der Waals surface area contributed by atoms with Gasteiger partial charge < -0.3 is 4.74 Å². The van der Waals surface area contributed by atoms with Gasteiger partial charge in [0, 0.05) is 36.0 Å². The van der Waals surface area contributed by atoms with E-state index in [4.69, 9.17) is 21.3 Å². The van der Waals surface area contributed by atoms with E-state index in [9.17, 15) is 0 Å². The molecule has 1 aromatic carbocycles. The van der Waals surface area contributed by atoms with Crippen molar-refractivity contribution in [3.63, 3.8) is 0 Å². The molecule has 1 aliphatic rings. The topological polar surface area (TPSA) is 39.4 Å². The number of benzene rings is 1. The normalized spacial score (nSPS) is 21.2. The molecule has 3 aromatic rings. The van der Waals surface area contributed by atoms with Crippen molar-refractivity contribution in [1.82, 2.24) is 14.4 Å². The summed E-state index contributed by atoms with van der Waals surface area (Å²) >= 11 is 6.02. The predicted octanol–water partition coefficient (Wildman–Crippen LogP) is 4.72. The van der Waals surface area contributed by atoms with Crippen molar-refractivity contribution in [3.8, 4) is 11.4 Å². The first-order valence-corrected chi connectivity index (χ1v) is 8.74. The lowest BCUT2D eigenvalue weighted by Crippen LogP contribution is -2.19. The highest BCUT2D eigenvalue weighted by atomic mass is 35.5. The third kappa shape index (κ3) is 2.80. The predicted molar refractivity (Wildman–Crippen MR) is 95.4 cm³/mol. The van der Waals surface area contributed by atoms with E-state index < -0.39 is 0 Å². The second kappa shape index (κ2) is 6.54. The molecular formula is C19H20ClN3O. The average Bonchev–Trinajstić information content (AvgIpc) is 3.02. The summed E-state index contributed by atoms with van der Waals surface area (Å²) in [6.07, 6.45) is 10.5. The monoisotopic (exact) mass is 341 g/mol. The van der Waals surface area contributed by atoms with Crippen molar-refractivity contribution in [2.75, 3.05) is 7.11 Å². The molecule has 0 bridgehead atoms. The molecule has 2 aromatic heterocycles. The van der Waals surface area contributed by atoms with E-state index in [1.54, 1.807) is 13.3 Å². The Kier molecular flexibility index (Phi) is 4.25. The standard InChI is InChI=1S/C19H20ClN3O/c1-24-16-8-4-13(5-9-16)18-17-12-21-10-11-23(17)19(22-18)14-2-6-15(20)7-3-14/h2-3,6-7,10-13,16H,4-5,8-9H2,1H3. The molecule has 124 valence electrons. The van der Waals surface area contributed by atoms with Gasteiger partial charge in [-0.15, -0.1) is 0 Å². The van der Waals surface area contributed by atoms with Gasteiger partial charge >= 0.3 is 0 Å². The summed E-state index contributed by atoms with van der Waals surface area (Å²) in [6, 6.07) is 7.84. The number of fused-ring (bicyclic) bond motifs is 1. The highest BCUT2D eigenvalue weighted by Gasteiger charge is 2.26. The SMILES string of the molecule is COC1CCC(c2nc(-c3ccc(Cl)cc3)n3ccncc23)CC1. The maximum Gasteiger partial charge on any atom is 0.144 e. The summed E-state index contributed by atoms with van der Waals surface area (Å²) in [5.74, 6) is 1.42. The number of imidazole rings is 1. The largest absolute Gasteiger partial charge is 0.381 e. The van der Waals surface area contributed by atoms with Gasteiger partial charge in [-0.25, -0.2) is 4.98 Å². The molecule has 0 amide bonds. The van der Waals surface area contributed by atoms with Crippen molar-refractivity contribution in [2.24, 2.45) is 0 Å². The van der Waals surface area contributed by atoms with Crippen LogP contribution in [-0.2, 0) is 4.74 Å². The Bertz CT molecular complexity index is 835. The third-order valence-corrected chi connectivity index (χ3v) is 5.22. The number of hydrogen-bond acceptors (Lipinski definition) is 3. The zero-order chi connectivity index (χ0) is 16.5. The van der Waals surface area contributed by atoms with Gasteiger partial charge in [-0.05, 0) is 49.9 Å². The number of rotatable bonds is 3. The molecule has 24 heavy (non-hydrogen) atoms. The first kappa shape index (κ1) is 15.6. The van der Waals surface area contributed by atoms with E-state index >= 15 is 0 Å². The minimum Gasteiger partial charge on any atom is -0.381 e. The lowest BCUT2D eigenvalue weighted by molar-refractivity contribution is 0.0656. The van der Waals surface area contributed by atoms with E-state index in [0.717, 1.165) is 53.3 Å². The van der Waals surface area contributed by atoms with Crippen LogP contribution in [0.2, 0.25) is 5.02 Å². The second-order valence-corrected chi connectivity index (χ2v) is 6.80. The second-order valence-electron chi connectivity index (χ2n) is 6.37. The minimum atomic E-state index is 0.393.